The molecule has 9 unspecified atom stereocenters. The van der Waals surface area contributed by atoms with Crippen LogP contribution < -0.4 is 43.6 Å². The number of nitrogens with two attached hydrogens (primary N) is 1. The molecular weight excluding hydrogens is 548 g/mol. The molecule has 0 aromatic rings. The molecule has 6 heterocycles. The molecule has 42 heavy (non-hydrogen) atoms. The Balaban J connectivity index is 1.01. The number of ether oxygens (including phenoxy) is 3. The monoisotopic (exact) mass is 593 g/mol. The highest BCUT2D eigenvalue weighted by Gasteiger charge is 2.53. The molecule has 0 spiro atoms. The average molecular weight is 594 g/mol. The van der Waals surface area contributed by atoms with Gasteiger partial charge in [-0.25, -0.2) is 5.43 Å². The van der Waals surface area contributed by atoms with Gasteiger partial charge in [0.1, 0.15) is 12.4 Å². The second-order valence-electron chi connectivity index (χ2n) is 12.4. The van der Waals surface area contributed by atoms with E-state index in [0.717, 1.165) is 12.8 Å². The van der Waals surface area contributed by atoms with Crippen molar-refractivity contribution in [2.45, 2.75) is 87.3 Å². The number of hydrazine groups is 1. The maximum atomic E-state index is 12.9. The lowest BCUT2D eigenvalue weighted by molar-refractivity contribution is -0.431. The normalized spacial score (nSPS) is 44.4. The van der Waals surface area contributed by atoms with Crippen LogP contribution in [-0.4, -0.2) is 116 Å². The summed E-state index contributed by atoms with van der Waals surface area (Å²) < 4.78 is 17.7. The third kappa shape index (κ3) is 5.54. The van der Waals surface area contributed by atoms with Crippen LogP contribution in [0.15, 0.2) is 12.0 Å². The molecular formula is C26H45N10O6+. The van der Waals surface area contributed by atoms with Crippen molar-refractivity contribution < 1.29 is 34.4 Å². The number of carbonyl (C=O) groups excluding carboxylic acids is 2. The number of rotatable bonds is 7. The Hall–Kier alpha value is -1.96. The van der Waals surface area contributed by atoms with Crippen LogP contribution in [0, 0.1) is 11.8 Å². The van der Waals surface area contributed by atoms with Crippen molar-refractivity contribution in [2.75, 3.05) is 39.6 Å². The number of carbonyl (C=O) groups is 2. The molecule has 11 N–H and O–H groups in total. The Morgan fingerprint density at radius 1 is 1.17 bits per heavy atom. The van der Waals surface area contributed by atoms with Crippen molar-refractivity contribution in [3.63, 3.8) is 0 Å². The number of morpholine rings is 1. The molecule has 0 radical (unpaired) electrons. The van der Waals surface area contributed by atoms with Crippen LogP contribution >= 0.6 is 0 Å². The van der Waals surface area contributed by atoms with Crippen LogP contribution in [0.4, 0.5) is 0 Å². The van der Waals surface area contributed by atoms with Gasteiger partial charge in [-0.3, -0.25) is 35.7 Å². The number of ketones is 1. The molecule has 7 rings (SSSR count). The van der Waals surface area contributed by atoms with Crippen molar-refractivity contribution in [2.24, 2.45) is 17.6 Å². The molecule has 1 aliphatic carbocycles. The van der Waals surface area contributed by atoms with E-state index < -0.39 is 30.2 Å². The second kappa shape index (κ2) is 12.2. The first-order chi connectivity index (χ1) is 20.5. The highest BCUT2D eigenvalue weighted by Crippen LogP contribution is 2.36. The maximum Gasteiger partial charge on any atom is 0.226 e. The van der Waals surface area contributed by atoms with Gasteiger partial charge in [0, 0.05) is 32.0 Å². The summed E-state index contributed by atoms with van der Waals surface area (Å²) in [7, 11) is 0. The standard InChI is InChI=1S/C26H44N10O6/c27-14-3-1-2-4-15(14)31-26-33-24(20(23(28)38)25-29-12-30-36(25)26)32-18-10-17(42-34-18)13-11-40-22-16(37)9-19(41-21(13)22)35-5-7-39-8-6-35/h9,13-15,17-18,20-22,24-26,29-34H,1-8,10-12,27H2,(H2,28,38)/p+1/t13?,14-,15+,17?,18?,20?,21?,22?,24?,25?,26?/m1/s1. The maximum absolute atomic E-state index is 12.9. The average Bonchev–Trinajstić information content (AvgIpc) is 3.75. The van der Waals surface area contributed by atoms with Gasteiger partial charge in [-0.15, -0.1) is 0 Å². The fourth-order valence-electron chi connectivity index (χ4n) is 7.50. The number of nitrogens with one attached hydrogen (secondary N) is 6. The zero-order valence-corrected chi connectivity index (χ0v) is 23.8. The van der Waals surface area contributed by atoms with Crippen LogP contribution in [0.2, 0.25) is 0 Å². The molecule has 0 aromatic heterocycles. The van der Waals surface area contributed by atoms with Crippen LogP contribution in [-0.2, 0) is 28.6 Å². The van der Waals surface area contributed by atoms with Crippen molar-refractivity contribution >= 4 is 11.7 Å². The summed E-state index contributed by atoms with van der Waals surface area (Å²) in [6, 6.07) is 0.595. The van der Waals surface area contributed by atoms with Crippen LogP contribution in [0.25, 0.3) is 0 Å². The minimum absolute atomic E-state index is 0.0742. The Morgan fingerprint density at radius 2 is 2.00 bits per heavy atom. The lowest BCUT2D eigenvalue weighted by Gasteiger charge is -2.47. The molecule has 5 saturated heterocycles. The Bertz CT molecular complexity index is 1050. The zero-order chi connectivity index (χ0) is 28.8. The van der Waals surface area contributed by atoms with Crippen LogP contribution in [0.1, 0.15) is 32.1 Å². The van der Waals surface area contributed by atoms with E-state index in [1.165, 1.54) is 12.8 Å². The van der Waals surface area contributed by atoms with Gasteiger partial charge >= 0.3 is 0 Å². The van der Waals surface area contributed by atoms with Crippen molar-refractivity contribution in [3.8, 4) is 0 Å². The van der Waals surface area contributed by atoms with E-state index in [4.69, 9.17) is 24.8 Å². The van der Waals surface area contributed by atoms with E-state index >= 15 is 0 Å². The summed E-state index contributed by atoms with van der Waals surface area (Å²) in [5.74, 6) is -0.591. The van der Waals surface area contributed by atoms with Crippen LogP contribution in [0.3, 0.4) is 0 Å². The first-order valence-corrected chi connectivity index (χ1v) is 15.4. The summed E-state index contributed by atoms with van der Waals surface area (Å²) in [5.41, 5.74) is 16.8. The van der Waals surface area contributed by atoms with Gasteiger partial charge in [0.15, 0.2) is 17.8 Å². The Kier molecular flexibility index (Phi) is 8.36. The number of nitrogens with zero attached hydrogens (tertiary/aromatic N) is 2. The SMILES string of the molecule is NC(=O)C1C(NC2CC(C3COC4C(=O)C=C(N5CCOCC5)OC43)ON2)NC(N[C@H]2CCCC[C@H]2[NH3+])N2NCNC12. The number of hydroxylamine groups is 1. The third-order valence-electron chi connectivity index (χ3n) is 9.80. The molecule has 0 bridgehead atoms. The topological polar surface area (TPSA) is 203 Å². The van der Waals surface area contributed by atoms with Crippen molar-refractivity contribution in [1.82, 2.24) is 42.1 Å². The molecule has 16 nitrogen and oxygen atoms in total. The van der Waals surface area contributed by atoms with Gasteiger partial charge in [0.05, 0.1) is 75.0 Å². The van der Waals surface area contributed by atoms with Gasteiger partial charge < -0.3 is 30.6 Å². The number of fused-ring (bicyclic) bond motifs is 2. The highest BCUT2D eigenvalue weighted by atomic mass is 16.7. The van der Waals surface area contributed by atoms with E-state index in [2.05, 4.69) is 37.9 Å². The molecule has 6 fully saturated rings. The number of hydrogen-bond acceptors (Lipinski definition) is 14. The molecule has 16 heteroatoms. The Labute approximate surface area is 244 Å². The number of quaternary nitrogens is 1. The molecule has 234 valence electrons. The summed E-state index contributed by atoms with van der Waals surface area (Å²) >= 11 is 0. The lowest BCUT2D eigenvalue weighted by Crippen LogP contribution is -2.79. The van der Waals surface area contributed by atoms with E-state index in [1.807, 2.05) is 9.91 Å². The van der Waals surface area contributed by atoms with E-state index in [0.29, 0.717) is 57.9 Å². The molecule has 1 amide bonds. The quantitative estimate of drug-likeness (QED) is 0.140. The number of amides is 1. The largest absolute Gasteiger partial charge is 0.472 e. The summed E-state index contributed by atoms with van der Waals surface area (Å²) in [6.45, 7) is 3.47. The summed E-state index contributed by atoms with van der Waals surface area (Å²) in [6.07, 6.45) is 4.14. The highest BCUT2D eigenvalue weighted by molar-refractivity contribution is 5.95. The van der Waals surface area contributed by atoms with E-state index in [1.54, 1.807) is 6.08 Å². The fourth-order valence-corrected chi connectivity index (χ4v) is 7.50. The van der Waals surface area contributed by atoms with E-state index in [9.17, 15) is 9.59 Å². The van der Waals surface area contributed by atoms with Crippen LogP contribution in [0.5, 0.6) is 0 Å². The van der Waals surface area contributed by atoms with E-state index in [-0.39, 0.29) is 42.5 Å². The first kappa shape index (κ1) is 28.8. The molecule has 0 aromatic carbocycles. The van der Waals surface area contributed by atoms with Crippen molar-refractivity contribution in [3.05, 3.63) is 12.0 Å². The van der Waals surface area contributed by atoms with Gasteiger partial charge in [0.25, 0.3) is 0 Å². The van der Waals surface area contributed by atoms with Gasteiger partial charge in [-0.05, 0) is 12.8 Å². The fraction of sp³-hybridized carbons (Fsp3) is 0.846. The first-order valence-electron chi connectivity index (χ1n) is 15.4. The number of primary amides is 1. The third-order valence-corrected chi connectivity index (χ3v) is 9.80. The van der Waals surface area contributed by atoms with Gasteiger partial charge in [-0.1, -0.05) is 6.42 Å². The Morgan fingerprint density at radius 3 is 2.81 bits per heavy atom. The predicted octanol–water partition coefficient (Wildman–Crippen LogP) is -4.50. The zero-order valence-electron chi connectivity index (χ0n) is 23.8. The minimum Gasteiger partial charge on any atom is -0.472 e. The second-order valence-corrected chi connectivity index (χ2v) is 12.4. The molecule has 1 saturated carbocycles. The molecule has 6 aliphatic heterocycles. The molecule has 11 atom stereocenters. The summed E-state index contributed by atoms with van der Waals surface area (Å²) in [5, 5.41) is 16.3. The number of hydrogen-bond donors (Lipinski definition) is 8. The van der Waals surface area contributed by atoms with Crippen molar-refractivity contribution in [1.29, 1.82) is 0 Å². The predicted molar refractivity (Wildman–Crippen MR) is 145 cm³/mol. The van der Waals surface area contributed by atoms with Gasteiger partial charge in [0.2, 0.25) is 5.91 Å². The smallest absolute Gasteiger partial charge is 0.226 e. The molecule has 7 aliphatic rings. The minimum atomic E-state index is -0.634. The lowest BCUT2D eigenvalue weighted by atomic mass is 9.90. The van der Waals surface area contributed by atoms with Gasteiger partial charge in [-0.2, -0.15) is 10.5 Å². The summed E-state index contributed by atoms with van der Waals surface area (Å²) in [4.78, 5) is 33.8.